The summed E-state index contributed by atoms with van der Waals surface area (Å²) >= 11 is 6.22. The number of phenolic OH excluding ortho intramolecular Hbond substituents is 1. The van der Waals surface area contributed by atoms with Crippen molar-refractivity contribution in [2.24, 2.45) is 0 Å². The first-order valence-electron chi connectivity index (χ1n) is 9.24. The first-order chi connectivity index (χ1) is 14.1. The van der Waals surface area contributed by atoms with Crippen molar-refractivity contribution in [3.8, 4) is 5.75 Å². The lowest BCUT2D eigenvalue weighted by molar-refractivity contribution is 0.0943. The van der Waals surface area contributed by atoms with E-state index in [1.807, 2.05) is 55.5 Å². The summed E-state index contributed by atoms with van der Waals surface area (Å²) < 4.78 is 0. The second-order valence-corrected chi connectivity index (χ2v) is 7.24. The third-order valence-corrected chi connectivity index (χ3v) is 5.26. The number of pyridine rings is 1. The number of halogens is 1. The number of nitrogens with zero attached hydrogens (tertiary/aromatic N) is 1. The molecule has 0 spiro atoms. The first-order valence-corrected chi connectivity index (χ1v) is 9.61. The van der Waals surface area contributed by atoms with Crippen LogP contribution in [0.1, 0.15) is 33.1 Å². The highest BCUT2D eigenvalue weighted by atomic mass is 35.5. The number of aryl methyl sites for hydroxylation is 1. The van der Waals surface area contributed by atoms with E-state index in [2.05, 4.69) is 10.3 Å². The summed E-state index contributed by atoms with van der Waals surface area (Å²) in [5.41, 5.74) is 3.20. The van der Waals surface area contributed by atoms with E-state index in [9.17, 15) is 9.90 Å². The largest absolute Gasteiger partial charge is 0.505 e. The highest BCUT2D eigenvalue weighted by molar-refractivity contribution is 6.33. The van der Waals surface area contributed by atoms with Gasteiger partial charge in [-0.3, -0.25) is 9.78 Å². The van der Waals surface area contributed by atoms with Crippen LogP contribution in [0.4, 0.5) is 0 Å². The van der Waals surface area contributed by atoms with Crippen LogP contribution in [0.3, 0.4) is 0 Å². The maximum absolute atomic E-state index is 13.0. The Morgan fingerprint density at radius 3 is 2.52 bits per heavy atom. The fourth-order valence-corrected chi connectivity index (χ4v) is 3.77. The molecule has 1 aromatic heterocycles. The molecule has 0 saturated heterocycles. The molecule has 0 bridgehead atoms. The van der Waals surface area contributed by atoms with Crippen molar-refractivity contribution in [1.29, 1.82) is 0 Å². The number of aromatic nitrogens is 1. The molecule has 0 fully saturated rings. The molecule has 0 aliphatic rings. The quantitative estimate of drug-likeness (QED) is 0.479. The van der Waals surface area contributed by atoms with Crippen molar-refractivity contribution >= 4 is 28.4 Å². The molecule has 4 rings (SSSR count). The zero-order valence-electron chi connectivity index (χ0n) is 15.8. The van der Waals surface area contributed by atoms with E-state index >= 15 is 0 Å². The molecule has 29 heavy (non-hydrogen) atoms. The Labute approximate surface area is 173 Å². The molecule has 0 aliphatic carbocycles. The van der Waals surface area contributed by atoms with Crippen molar-refractivity contribution < 1.29 is 9.90 Å². The summed E-state index contributed by atoms with van der Waals surface area (Å²) in [5, 5.41) is 15.3. The Balaban J connectivity index is 1.86. The minimum Gasteiger partial charge on any atom is -0.505 e. The Hall–Kier alpha value is -3.37. The molecule has 144 valence electrons. The predicted octanol–water partition coefficient (Wildman–Crippen LogP) is 5.42. The summed E-state index contributed by atoms with van der Waals surface area (Å²) in [6.45, 7) is 1.92. The van der Waals surface area contributed by atoms with Gasteiger partial charge < -0.3 is 10.4 Å². The Morgan fingerprint density at radius 2 is 1.76 bits per heavy atom. The van der Waals surface area contributed by atoms with Crippen molar-refractivity contribution in [2.45, 2.75) is 13.0 Å². The van der Waals surface area contributed by atoms with Crippen LogP contribution in [0, 0.1) is 6.92 Å². The van der Waals surface area contributed by atoms with Crippen molar-refractivity contribution in [1.82, 2.24) is 10.3 Å². The first kappa shape index (κ1) is 19.0. The van der Waals surface area contributed by atoms with Gasteiger partial charge in [0.05, 0.1) is 16.6 Å². The molecule has 1 atom stereocenters. The van der Waals surface area contributed by atoms with E-state index in [0.29, 0.717) is 21.7 Å². The summed E-state index contributed by atoms with van der Waals surface area (Å²) in [6.07, 6.45) is 1.64. The number of hydrogen-bond acceptors (Lipinski definition) is 3. The minimum absolute atomic E-state index is 0.0638. The lowest BCUT2D eigenvalue weighted by Crippen LogP contribution is -2.30. The Bertz CT molecular complexity index is 1190. The van der Waals surface area contributed by atoms with Gasteiger partial charge in [-0.2, -0.15) is 0 Å². The van der Waals surface area contributed by atoms with Gasteiger partial charge in [-0.15, -0.1) is 0 Å². The van der Waals surface area contributed by atoms with Gasteiger partial charge in [0.25, 0.3) is 5.91 Å². The monoisotopic (exact) mass is 402 g/mol. The fraction of sp³-hybridized carbons (Fsp3) is 0.0833. The zero-order valence-corrected chi connectivity index (χ0v) is 16.5. The normalized spacial score (nSPS) is 11.9. The lowest BCUT2D eigenvalue weighted by Gasteiger charge is -2.23. The Morgan fingerprint density at radius 1 is 1.03 bits per heavy atom. The molecule has 1 heterocycles. The number of phenols is 1. The summed E-state index contributed by atoms with van der Waals surface area (Å²) in [4.78, 5) is 17.3. The SMILES string of the molecule is Cc1cc2cccnc2c(O)c1C(NC(=O)c1ccccc1Cl)c1ccccc1. The average Bonchev–Trinajstić information content (AvgIpc) is 2.74. The van der Waals surface area contributed by atoms with Crippen LogP contribution < -0.4 is 5.32 Å². The van der Waals surface area contributed by atoms with Gasteiger partial charge >= 0.3 is 0 Å². The maximum atomic E-state index is 13.0. The number of carbonyl (C=O) groups is 1. The van der Waals surface area contributed by atoms with Gasteiger partial charge in [-0.1, -0.05) is 60.1 Å². The van der Waals surface area contributed by atoms with Crippen LogP contribution in [-0.2, 0) is 0 Å². The van der Waals surface area contributed by atoms with E-state index in [1.54, 1.807) is 30.5 Å². The number of carbonyl (C=O) groups excluding carboxylic acids is 1. The van der Waals surface area contributed by atoms with E-state index in [0.717, 1.165) is 16.5 Å². The van der Waals surface area contributed by atoms with Crippen molar-refractivity contribution in [3.63, 3.8) is 0 Å². The van der Waals surface area contributed by atoms with Crippen molar-refractivity contribution in [3.05, 3.63) is 106 Å². The molecule has 3 aromatic carbocycles. The summed E-state index contributed by atoms with van der Waals surface area (Å²) in [7, 11) is 0. The van der Waals surface area contributed by atoms with Gasteiger partial charge in [0.2, 0.25) is 0 Å². The van der Waals surface area contributed by atoms with E-state index < -0.39 is 6.04 Å². The standard InChI is InChI=1S/C24H19ClN2O2/c1-15-14-17-10-7-13-26-22(17)23(28)20(15)21(16-8-3-2-4-9-16)27-24(29)18-11-5-6-12-19(18)25/h2-14,21,28H,1H3,(H,27,29). The predicted molar refractivity (Wildman–Crippen MR) is 115 cm³/mol. The van der Waals surface area contributed by atoms with Crippen molar-refractivity contribution in [2.75, 3.05) is 0 Å². The van der Waals surface area contributed by atoms with Gasteiger partial charge in [-0.25, -0.2) is 0 Å². The van der Waals surface area contributed by atoms with E-state index in [-0.39, 0.29) is 11.7 Å². The molecule has 1 unspecified atom stereocenters. The van der Waals surface area contributed by atoms with E-state index in [1.165, 1.54) is 0 Å². The van der Waals surface area contributed by atoms with Gasteiger partial charge in [-0.05, 0) is 42.3 Å². The topological polar surface area (TPSA) is 62.2 Å². The van der Waals surface area contributed by atoms with Crippen LogP contribution in [0.25, 0.3) is 10.9 Å². The third-order valence-electron chi connectivity index (χ3n) is 4.93. The highest BCUT2D eigenvalue weighted by Gasteiger charge is 2.25. The van der Waals surface area contributed by atoms with Crippen LogP contribution in [-0.4, -0.2) is 16.0 Å². The molecule has 0 radical (unpaired) electrons. The summed E-state index contributed by atoms with van der Waals surface area (Å²) in [5.74, 6) is -0.252. The number of nitrogens with one attached hydrogen (secondary N) is 1. The molecular formula is C24H19ClN2O2. The molecule has 2 N–H and O–H groups in total. The van der Waals surface area contributed by atoms with Gasteiger partial charge in [0, 0.05) is 17.1 Å². The minimum atomic E-state index is -0.564. The van der Waals surface area contributed by atoms with Gasteiger partial charge in [0.15, 0.2) is 0 Å². The smallest absolute Gasteiger partial charge is 0.253 e. The summed E-state index contributed by atoms with van der Waals surface area (Å²) in [6, 6.07) is 21.6. The number of benzene rings is 3. The second-order valence-electron chi connectivity index (χ2n) is 6.83. The van der Waals surface area contributed by atoms with Crippen LogP contribution in [0.15, 0.2) is 79.0 Å². The Kier molecular flexibility index (Phi) is 5.19. The molecule has 4 nitrogen and oxygen atoms in total. The fourth-order valence-electron chi connectivity index (χ4n) is 3.54. The molecular weight excluding hydrogens is 384 g/mol. The highest BCUT2D eigenvalue weighted by Crippen LogP contribution is 2.37. The second kappa shape index (κ2) is 7.94. The number of aromatic hydroxyl groups is 1. The third kappa shape index (κ3) is 3.67. The number of fused-ring (bicyclic) bond motifs is 1. The van der Waals surface area contributed by atoms with Crippen LogP contribution in [0.2, 0.25) is 5.02 Å². The molecule has 0 aliphatic heterocycles. The molecule has 1 amide bonds. The zero-order chi connectivity index (χ0) is 20.4. The number of amides is 1. The molecule has 4 aromatic rings. The number of rotatable bonds is 4. The maximum Gasteiger partial charge on any atom is 0.253 e. The molecule has 5 heteroatoms. The van der Waals surface area contributed by atoms with Crippen LogP contribution in [0.5, 0.6) is 5.75 Å². The van der Waals surface area contributed by atoms with E-state index in [4.69, 9.17) is 11.6 Å². The van der Waals surface area contributed by atoms with Crippen LogP contribution >= 0.6 is 11.6 Å². The average molecular weight is 403 g/mol. The number of hydrogen-bond donors (Lipinski definition) is 2. The lowest BCUT2D eigenvalue weighted by atomic mass is 9.92. The molecule has 0 saturated carbocycles. The van der Waals surface area contributed by atoms with Gasteiger partial charge in [0.1, 0.15) is 11.3 Å².